The van der Waals surface area contributed by atoms with Gasteiger partial charge in [0.05, 0.1) is 0 Å². The zero-order valence-corrected chi connectivity index (χ0v) is 13.3. The number of amides is 1. The van der Waals surface area contributed by atoms with E-state index in [1.807, 2.05) is 0 Å². The molecule has 2 rings (SSSR count). The molecule has 1 saturated carbocycles. The molecule has 1 aromatic carbocycles. The van der Waals surface area contributed by atoms with E-state index in [0.717, 1.165) is 23.6 Å². The average molecular weight is 309 g/mol. The van der Waals surface area contributed by atoms with Crippen molar-refractivity contribution < 1.29 is 9.18 Å². The van der Waals surface area contributed by atoms with Crippen LogP contribution in [0, 0.1) is 11.7 Å². The molecule has 21 heavy (non-hydrogen) atoms. The number of benzene rings is 1. The summed E-state index contributed by atoms with van der Waals surface area (Å²) in [6, 6.07) is 6.55. The minimum Gasteiger partial charge on any atom is -0.356 e. The molecule has 0 spiro atoms. The van der Waals surface area contributed by atoms with Gasteiger partial charge in [-0.25, -0.2) is 4.39 Å². The lowest BCUT2D eigenvalue weighted by molar-refractivity contribution is -0.122. The fourth-order valence-electron chi connectivity index (χ4n) is 2.75. The minimum absolute atomic E-state index is 0.200. The lowest BCUT2D eigenvalue weighted by Gasteiger charge is -2.20. The summed E-state index contributed by atoms with van der Waals surface area (Å²) in [5.74, 6) is 1.55. The number of halogens is 1. The maximum absolute atomic E-state index is 12.8. The van der Waals surface area contributed by atoms with Gasteiger partial charge in [0.25, 0.3) is 0 Å². The van der Waals surface area contributed by atoms with Gasteiger partial charge in [0.2, 0.25) is 5.91 Å². The second kappa shape index (κ2) is 9.08. The van der Waals surface area contributed by atoms with Crippen molar-refractivity contribution in [1.29, 1.82) is 0 Å². The lowest BCUT2D eigenvalue weighted by Crippen LogP contribution is -2.27. The zero-order valence-electron chi connectivity index (χ0n) is 12.4. The number of nitrogens with one attached hydrogen (secondary N) is 1. The minimum atomic E-state index is -0.200. The Balaban J connectivity index is 1.52. The molecular weight excluding hydrogens is 285 g/mol. The van der Waals surface area contributed by atoms with Gasteiger partial charge in [-0.2, -0.15) is 0 Å². The third kappa shape index (κ3) is 6.51. The number of hydrogen-bond acceptors (Lipinski definition) is 2. The molecule has 0 bridgehead atoms. The van der Waals surface area contributed by atoms with Crippen LogP contribution in [-0.4, -0.2) is 18.2 Å². The van der Waals surface area contributed by atoms with E-state index in [1.54, 1.807) is 23.9 Å². The molecule has 0 aromatic heterocycles. The van der Waals surface area contributed by atoms with Crippen molar-refractivity contribution in [2.75, 3.05) is 12.3 Å². The largest absolute Gasteiger partial charge is 0.356 e. The van der Waals surface area contributed by atoms with Gasteiger partial charge in [-0.05, 0) is 55.2 Å². The van der Waals surface area contributed by atoms with Crippen LogP contribution in [0.25, 0.3) is 0 Å². The molecule has 1 aliphatic rings. The topological polar surface area (TPSA) is 29.1 Å². The molecule has 2 nitrogen and oxygen atoms in total. The molecular formula is C17H24FNOS. The van der Waals surface area contributed by atoms with E-state index >= 15 is 0 Å². The van der Waals surface area contributed by atoms with Crippen LogP contribution in [-0.2, 0) is 4.79 Å². The van der Waals surface area contributed by atoms with E-state index in [4.69, 9.17) is 0 Å². The predicted octanol–water partition coefficient (Wildman–Crippen LogP) is 4.39. The second-order valence-corrected chi connectivity index (χ2v) is 6.88. The maximum Gasteiger partial charge on any atom is 0.220 e. The number of thioether (sulfide) groups is 1. The molecule has 1 N–H and O–H groups in total. The summed E-state index contributed by atoms with van der Waals surface area (Å²) in [5.41, 5.74) is 0. The van der Waals surface area contributed by atoms with E-state index < -0.39 is 0 Å². The van der Waals surface area contributed by atoms with Crippen molar-refractivity contribution >= 4 is 17.7 Å². The fraction of sp³-hybridized carbons (Fsp3) is 0.588. The van der Waals surface area contributed by atoms with E-state index in [9.17, 15) is 9.18 Å². The van der Waals surface area contributed by atoms with Crippen LogP contribution >= 0.6 is 11.8 Å². The van der Waals surface area contributed by atoms with Gasteiger partial charge in [-0.1, -0.05) is 19.3 Å². The van der Waals surface area contributed by atoms with E-state index in [1.165, 1.54) is 44.2 Å². The molecule has 0 atom stereocenters. The Morgan fingerprint density at radius 1 is 1.19 bits per heavy atom. The van der Waals surface area contributed by atoms with Crippen LogP contribution in [0.1, 0.15) is 44.9 Å². The Kier molecular flexibility index (Phi) is 7.07. The summed E-state index contributed by atoms with van der Waals surface area (Å²) in [6.45, 7) is 0.736. The molecule has 1 aromatic rings. The van der Waals surface area contributed by atoms with E-state index in [0.29, 0.717) is 12.3 Å². The highest BCUT2D eigenvalue weighted by atomic mass is 32.2. The average Bonchev–Trinajstić information content (AvgIpc) is 2.50. The number of hydrogen-bond donors (Lipinski definition) is 1. The van der Waals surface area contributed by atoms with Gasteiger partial charge in [-0.15, -0.1) is 11.8 Å². The lowest BCUT2D eigenvalue weighted by atomic mass is 9.87. The Labute approximate surface area is 130 Å². The van der Waals surface area contributed by atoms with E-state index in [2.05, 4.69) is 5.32 Å². The van der Waals surface area contributed by atoms with Crippen LogP contribution in [0.5, 0.6) is 0 Å². The molecule has 4 heteroatoms. The monoisotopic (exact) mass is 309 g/mol. The first-order valence-corrected chi connectivity index (χ1v) is 8.87. The standard InChI is InChI=1S/C17H24FNOS/c18-15-7-9-16(10-8-15)21-12-4-11-19-17(20)13-14-5-2-1-3-6-14/h7-10,14H,1-6,11-13H2,(H,19,20). The van der Waals surface area contributed by atoms with Gasteiger partial charge in [-0.3, -0.25) is 4.79 Å². The van der Waals surface area contributed by atoms with Crippen LogP contribution in [0.3, 0.4) is 0 Å². The molecule has 0 radical (unpaired) electrons. The van der Waals surface area contributed by atoms with Crippen molar-refractivity contribution in [2.24, 2.45) is 5.92 Å². The molecule has 1 fully saturated rings. The third-order valence-electron chi connectivity index (χ3n) is 3.92. The summed E-state index contributed by atoms with van der Waals surface area (Å²) in [4.78, 5) is 12.9. The first-order valence-electron chi connectivity index (χ1n) is 7.89. The first kappa shape index (κ1) is 16.3. The van der Waals surface area contributed by atoms with Crippen molar-refractivity contribution in [2.45, 2.75) is 49.8 Å². The number of carbonyl (C=O) groups is 1. The summed E-state index contributed by atoms with van der Waals surface area (Å²) in [5, 5.41) is 3.01. The van der Waals surface area contributed by atoms with Crippen LogP contribution in [0.4, 0.5) is 4.39 Å². The van der Waals surface area contributed by atoms with Gasteiger partial charge in [0.15, 0.2) is 0 Å². The Morgan fingerprint density at radius 3 is 2.62 bits per heavy atom. The molecule has 0 unspecified atom stereocenters. The number of carbonyl (C=O) groups excluding carboxylic acids is 1. The van der Waals surface area contributed by atoms with Crippen molar-refractivity contribution in [3.05, 3.63) is 30.1 Å². The quantitative estimate of drug-likeness (QED) is 0.597. The molecule has 0 aliphatic heterocycles. The first-order chi connectivity index (χ1) is 10.2. The smallest absolute Gasteiger partial charge is 0.220 e. The molecule has 1 amide bonds. The van der Waals surface area contributed by atoms with Crippen LogP contribution in [0.2, 0.25) is 0 Å². The van der Waals surface area contributed by atoms with Crippen LogP contribution < -0.4 is 5.32 Å². The Bertz CT molecular complexity index is 429. The molecule has 1 aliphatic carbocycles. The fourth-order valence-corrected chi connectivity index (χ4v) is 3.60. The molecule has 0 saturated heterocycles. The van der Waals surface area contributed by atoms with Crippen molar-refractivity contribution in [3.63, 3.8) is 0 Å². The van der Waals surface area contributed by atoms with E-state index in [-0.39, 0.29) is 11.7 Å². The highest BCUT2D eigenvalue weighted by Gasteiger charge is 2.16. The summed E-state index contributed by atoms with van der Waals surface area (Å²) in [7, 11) is 0. The SMILES string of the molecule is O=C(CC1CCCCC1)NCCCSc1ccc(F)cc1. The van der Waals surface area contributed by atoms with Gasteiger partial charge in [0, 0.05) is 17.9 Å². The summed E-state index contributed by atoms with van der Waals surface area (Å²) in [6.07, 6.45) is 7.97. The highest BCUT2D eigenvalue weighted by molar-refractivity contribution is 7.99. The van der Waals surface area contributed by atoms with Crippen LogP contribution in [0.15, 0.2) is 29.2 Å². The Morgan fingerprint density at radius 2 is 1.90 bits per heavy atom. The third-order valence-corrected chi connectivity index (χ3v) is 5.02. The van der Waals surface area contributed by atoms with Crippen molar-refractivity contribution in [1.82, 2.24) is 5.32 Å². The van der Waals surface area contributed by atoms with Gasteiger partial charge >= 0.3 is 0 Å². The normalized spacial score (nSPS) is 15.9. The summed E-state index contributed by atoms with van der Waals surface area (Å²) < 4.78 is 12.8. The highest BCUT2D eigenvalue weighted by Crippen LogP contribution is 2.26. The summed E-state index contributed by atoms with van der Waals surface area (Å²) >= 11 is 1.70. The van der Waals surface area contributed by atoms with Crippen molar-refractivity contribution in [3.8, 4) is 0 Å². The molecule has 0 heterocycles. The second-order valence-electron chi connectivity index (χ2n) is 5.71. The van der Waals surface area contributed by atoms with Gasteiger partial charge in [0.1, 0.15) is 5.82 Å². The predicted molar refractivity (Wildman–Crippen MR) is 85.9 cm³/mol. The zero-order chi connectivity index (χ0) is 14.9. The number of rotatable bonds is 7. The van der Waals surface area contributed by atoms with Gasteiger partial charge < -0.3 is 5.32 Å². The Hall–Kier alpha value is -1.03. The maximum atomic E-state index is 12.8. The molecule has 116 valence electrons.